The van der Waals surface area contributed by atoms with Gasteiger partial charge >= 0.3 is 11.9 Å². The Bertz CT molecular complexity index is 985. The van der Waals surface area contributed by atoms with Crippen LogP contribution in [0.5, 0.6) is 11.8 Å². The molecule has 0 spiro atoms. The Morgan fingerprint density at radius 3 is 2.14 bits per heavy atom. The van der Waals surface area contributed by atoms with E-state index in [1.807, 2.05) is 0 Å². The Morgan fingerprint density at radius 1 is 1.11 bits per heavy atom. The molecule has 2 rings (SSSR count). The van der Waals surface area contributed by atoms with E-state index >= 15 is 0 Å². The van der Waals surface area contributed by atoms with Gasteiger partial charge in [0.1, 0.15) is 12.7 Å². The standard InChI is InChI=1S/C18H19NO8S/c1-11(2)17(22)26-10-12(3)27-18(23)13-4-6-14(7-5-13)28(24,25)19-15(20)8-9-16(19)21/h4-9,12,20-21H,1,10H2,2-3H3. The van der Waals surface area contributed by atoms with Crippen LogP contribution >= 0.6 is 0 Å². The fraction of sp³-hybridized carbons (Fsp3) is 0.222. The van der Waals surface area contributed by atoms with Gasteiger partial charge in [-0.15, -0.1) is 0 Å². The van der Waals surface area contributed by atoms with Gasteiger partial charge in [-0.1, -0.05) is 6.58 Å². The molecule has 2 aromatic rings. The number of aromatic hydroxyl groups is 2. The average Bonchev–Trinajstić information content (AvgIpc) is 2.98. The number of carbonyl (C=O) groups excluding carboxylic acids is 2. The summed E-state index contributed by atoms with van der Waals surface area (Å²) in [6.07, 6.45) is -0.729. The molecule has 10 heteroatoms. The molecule has 2 N–H and O–H groups in total. The maximum Gasteiger partial charge on any atom is 0.338 e. The summed E-state index contributed by atoms with van der Waals surface area (Å²) in [6, 6.07) is 6.77. The van der Waals surface area contributed by atoms with Crippen LogP contribution in [-0.4, -0.2) is 47.3 Å². The molecule has 1 heterocycles. The normalized spacial score (nSPS) is 12.2. The first-order valence-corrected chi connectivity index (χ1v) is 9.47. The molecular weight excluding hydrogens is 390 g/mol. The highest BCUT2D eigenvalue weighted by Gasteiger charge is 2.24. The number of ether oxygens (including phenoxy) is 2. The summed E-state index contributed by atoms with van der Waals surface area (Å²) >= 11 is 0. The van der Waals surface area contributed by atoms with E-state index in [1.165, 1.54) is 26.0 Å². The van der Waals surface area contributed by atoms with Gasteiger partial charge in [0.05, 0.1) is 10.5 Å². The highest BCUT2D eigenvalue weighted by molar-refractivity contribution is 7.90. The Morgan fingerprint density at radius 2 is 1.64 bits per heavy atom. The monoisotopic (exact) mass is 409 g/mol. The lowest BCUT2D eigenvalue weighted by atomic mass is 10.2. The van der Waals surface area contributed by atoms with Gasteiger partial charge in [-0.05, 0) is 38.1 Å². The van der Waals surface area contributed by atoms with E-state index in [9.17, 15) is 28.2 Å². The number of benzene rings is 1. The third-order valence-corrected chi connectivity index (χ3v) is 5.25. The first kappa shape index (κ1) is 21.0. The van der Waals surface area contributed by atoms with E-state index in [0.717, 1.165) is 24.3 Å². The molecule has 1 unspecified atom stereocenters. The van der Waals surface area contributed by atoms with Crippen molar-refractivity contribution in [3.8, 4) is 11.8 Å². The molecule has 0 radical (unpaired) electrons. The van der Waals surface area contributed by atoms with Crippen molar-refractivity contribution >= 4 is 22.0 Å². The minimum Gasteiger partial charge on any atom is -0.494 e. The van der Waals surface area contributed by atoms with Crippen LogP contribution in [0, 0.1) is 0 Å². The van der Waals surface area contributed by atoms with E-state index in [0.29, 0.717) is 3.97 Å². The maximum atomic E-state index is 12.5. The molecule has 0 amide bonds. The Labute approximate surface area is 161 Å². The zero-order valence-electron chi connectivity index (χ0n) is 15.2. The quantitative estimate of drug-likeness (QED) is 0.523. The molecule has 0 fully saturated rings. The van der Waals surface area contributed by atoms with Crippen molar-refractivity contribution in [3.05, 3.63) is 54.1 Å². The SMILES string of the molecule is C=C(C)C(=O)OCC(C)OC(=O)c1ccc(S(=O)(=O)n2c(O)ccc2O)cc1. The third-order valence-electron chi connectivity index (χ3n) is 3.53. The molecule has 0 saturated heterocycles. The molecular formula is C18H19NO8S. The van der Waals surface area contributed by atoms with Crippen molar-refractivity contribution in [2.75, 3.05) is 6.61 Å². The number of rotatable bonds is 7. The van der Waals surface area contributed by atoms with Gasteiger partial charge in [-0.25, -0.2) is 18.0 Å². The molecule has 0 saturated carbocycles. The molecule has 1 aromatic heterocycles. The Hall–Kier alpha value is -3.27. The van der Waals surface area contributed by atoms with Gasteiger partial charge in [0.2, 0.25) is 11.8 Å². The first-order chi connectivity index (χ1) is 13.0. The van der Waals surface area contributed by atoms with Gasteiger partial charge < -0.3 is 19.7 Å². The van der Waals surface area contributed by atoms with E-state index in [-0.39, 0.29) is 22.6 Å². The minimum atomic E-state index is -4.25. The lowest BCUT2D eigenvalue weighted by Gasteiger charge is -2.14. The average molecular weight is 409 g/mol. The van der Waals surface area contributed by atoms with E-state index in [1.54, 1.807) is 0 Å². The maximum absolute atomic E-state index is 12.5. The minimum absolute atomic E-state index is 0.0676. The molecule has 0 bridgehead atoms. The smallest absolute Gasteiger partial charge is 0.338 e. The number of hydrogen-bond acceptors (Lipinski definition) is 8. The van der Waals surface area contributed by atoms with Gasteiger partial charge in [-0.3, -0.25) is 0 Å². The van der Waals surface area contributed by atoms with Gasteiger partial charge in [0.15, 0.2) is 0 Å². The van der Waals surface area contributed by atoms with Crippen LogP contribution in [0.15, 0.2) is 53.4 Å². The second-order valence-electron chi connectivity index (χ2n) is 5.94. The molecule has 150 valence electrons. The predicted molar refractivity (Wildman–Crippen MR) is 97.4 cm³/mol. The second-order valence-corrected chi connectivity index (χ2v) is 7.72. The summed E-state index contributed by atoms with van der Waals surface area (Å²) in [5, 5.41) is 19.2. The molecule has 0 aliphatic carbocycles. The van der Waals surface area contributed by atoms with Crippen LogP contribution in [0.2, 0.25) is 0 Å². The summed E-state index contributed by atoms with van der Waals surface area (Å²) in [4.78, 5) is 23.2. The number of carbonyl (C=O) groups is 2. The van der Waals surface area contributed by atoms with E-state index in [2.05, 4.69) is 6.58 Å². The summed E-state index contributed by atoms with van der Waals surface area (Å²) < 4.78 is 35.3. The number of nitrogens with zero attached hydrogens (tertiary/aromatic N) is 1. The largest absolute Gasteiger partial charge is 0.494 e. The molecule has 0 aliphatic rings. The van der Waals surface area contributed by atoms with Crippen LogP contribution in [0.3, 0.4) is 0 Å². The van der Waals surface area contributed by atoms with Crippen LogP contribution in [-0.2, 0) is 24.3 Å². The summed E-state index contributed by atoms with van der Waals surface area (Å²) in [7, 11) is -4.25. The summed E-state index contributed by atoms with van der Waals surface area (Å²) in [5.41, 5.74) is 0.285. The topological polar surface area (TPSA) is 132 Å². The zero-order chi connectivity index (χ0) is 21.1. The van der Waals surface area contributed by atoms with E-state index < -0.39 is 39.8 Å². The highest BCUT2D eigenvalue weighted by Crippen LogP contribution is 2.27. The van der Waals surface area contributed by atoms with Crippen molar-refractivity contribution < 1.29 is 37.7 Å². The van der Waals surface area contributed by atoms with Crippen LogP contribution in [0.4, 0.5) is 0 Å². The van der Waals surface area contributed by atoms with Gasteiger partial charge in [-0.2, -0.15) is 3.97 Å². The summed E-state index contributed by atoms with van der Waals surface area (Å²) in [6.45, 7) is 6.29. The number of aromatic nitrogens is 1. The summed E-state index contributed by atoms with van der Waals surface area (Å²) in [5.74, 6) is -2.65. The second kappa shape index (κ2) is 8.17. The molecule has 28 heavy (non-hydrogen) atoms. The Kier molecular flexibility index (Phi) is 6.14. The highest BCUT2D eigenvalue weighted by atomic mass is 32.2. The van der Waals surface area contributed by atoms with Crippen molar-refractivity contribution in [3.63, 3.8) is 0 Å². The number of esters is 2. The zero-order valence-corrected chi connectivity index (χ0v) is 16.0. The Balaban J connectivity index is 2.09. The number of hydrogen-bond donors (Lipinski definition) is 2. The molecule has 1 aromatic carbocycles. The fourth-order valence-corrected chi connectivity index (χ4v) is 3.42. The third kappa shape index (κ3) is 4.52. The molecule has 1 atom stereocenters. The van der Waals surface area contributed by atoms with Crippen molar-refractivity contribution in [2.24, 2.45) is 0 Å². The van der Waals surface area contributed by atoms with Crippen LogP contribution in [0.25, 0.3) is 0 Å². The van der Waals surface area contributed by atoms with Crippen molar-refractivity contribution in [1.29, 1.82) is 0 Å². The van der Waals surface area contributed by atoms with E-state index in [4.69, 9.17) is 9.47 Å². The van der Waals surface area contributed by atoms with Crippen molar-refractivity contribution in [2.45, 2.75) is 24.8 Å². The lowest BCUT2D eigenvalue weighted by molar-refractivity contribution is -0.141. The van der Waals surface area contributed by atoms with Crippen LogP contribution < -0.4 is 0 Å². The molecule has 9 nitrogen and oxygen atoms in total. The predicted octanol–water partition coefficient (Wildman–Crippen LogP) is 1.80. The van der Waals surface area contributed by atoms with Crippen LogP contribution in [0.1, 0.15) is 24.2 Å². The van der Waals surface area contributed by atoms with Gasteiger partial charge in [0.25, 0.3) is 10.0 Å². The van der Waals surface area contributed by atoms with Crippen molar-refractivity contribution in [1.82, 2.24) is 3.97 Å². The van der Waals surface area contributed by atoms with Gasteiger partial charge in [0, 0.05) is 17.7 Å². The lowest BCUT2D eigenvalue weighted by Crippen LogP contribution is -2.22. The fourth-order valence-electron chi connectivity index (χ4n) is 2.12. The molecule has 0 aliphatic heterocycles. The first-order valence-electron chi connectivity index (χ1n) is 8.03.